The third-order valence-corrected chi connectivity index (χ3v) is 5.86. The molecule has 0 bridgehead atoms. The summed E-state index contributed by atoms with van der Waals surface area (Å²) >= 11 is 0. The van der Waals surface area contributed by atoms with Crippen LogP contribution in [0.5, 0.6) is 11.5 Å². The van der Waals surface area contributed by atoms with Crippen molar-refractivity contribution in [3.05, 3.63) is 95.3 Å². The molecule has 2 heterocycles. The molecule has 1 saturated heterocycles. The zero-order valence-electron chi connectivity index (χ0n) is 21.5. The third kappa shape index (κ3) is 6.00. The Morgan fingerprint density at radius 3 is 2.38 bits per heavy atom. The van der Waals surface area contributed by atoms with E-state index in [2.05, 4.69) is 18.8 Å². The van der Waals surface area contributed by atoms with E-state index in [9.17, 15) is 14.7 Å². The van der Waals surface area contributed by atoms with Crippen molar-refractivity contribution in [1.29, 1.82) is 0 Å². The summed E-state index contributed by atoms with van der Waals surface area (Å²) < 4.78 is 11.6. The molecule has 1 amide bonds. The van der Waals surface area contributed by atoms with Crippen LogP contribution in [0.1, 0.15) is 50.6 Å². The molecule has 0 saturated carbocycles. The highest BCUT2D eigenvalue weighted by Gasteiger charge is 2.46. The zero-order valence-corrected chi connectivity index (χ0v) is 21.5. The largest absolute Gasteiger partial charge is 0.507 e. The van der Waals surface area contributed by atoms with Crippen LogP contribution in [0.3, 0.4) is 0 Å². The lowest BCUT2D eigenvalue weighted by Crippen LogP contribution is -2.29. The fraction of sp³-hybridized carbons (Fsp3) is 0.300. The van der Waals surface area contributed by atoms with Gasteiger partial charge in [-0.15, -0.1) is 0 Å². The molecule has 37 heavy (non-hydrogen) atoms. The number of Topliss-reactive ketones (excluding diaryl/α,β-unsaturated/α-hetero) is 1. The molecule has 4 rings (SSSR count). The second-order valence-electron chi connectivity index (χ2n) is 9.72. The quantitative estimate of drug-likeness (QED) is 0.236. The van der Waals surface area contributed by atoms with E-state index in [-0.39, 0.29) is 24.0 Å². The molecule has 1 unspecified atom stereocenters. The maximum Gasteiger partial charge on any atom is 0.296 e. The van der Waals surface area contributed by atoms with Crippen LogP contribution >= 0.6 is 0 Å². The SMILES string of the molecule is CC(C)COc1cccc(C2/C(=C(/O)c3ccc(OC(C)C)cc3)C(=O)C(=O)N2Cc2ccccn2)c1. The summed E-state index contributed by atoms with van der Waals surface area (Å²) in [4.78, 5) is 32.4. The van der Waals surface area contributed by atoms with Crippen LogP contribution in [0, 0.1) is 5.92 Å². The van der Waals surface area contributed by atoms with Crippen molar-refractivity contribution < 1.29 is 24.2 Å². The number of pyridine rings is 1. The number of ketones is 1. The van der Waals surface area contributed by atoms with Crippen LogP contribution < -0.4 is 9.47 Å². The van der Waals surface area contributed by atoms with Gasteiger partial charge in [-0.25, -0.2) is 0 Å². The number of carbonyl (C=O) groups excluding carboxylic acids is 2. The van der Waals surface area contributed by atoms with Gasteiger partial charge < -0.3 is 19.5 Å². The van der Waals surface area contributed by atoms with Gasteiger partial charge in [-0.1, -0.05) is 32.0 Å². The predicted octanol–water partition coefficient (Wildman–Crippen LogP) is 5.53. The number of hydrogen-bond acceptors (Lipinski definition) is 6. The normalized spacial score (nSPS) is 17.0. The summed E-state index contributed by atoms with van der Waals surface area (Å²) in [5.74, 6) is -0.0593. The van der Waals surface area contributed by atoms with Gasteiger partial charge in [0.2, 0.25) is 0 Å². The highest BCUT2D eigenvalue weighted by molar-refractivity contribution is 6.46. The Morgan fingerprint density at radius 2 is 1.73 bits per heavy atom. The zero-order chi connectivity index (χ0) is 26.5. The van der Waals surface area contributed by atoms with E-state index < -0.39 is 17.7 Å². The predicted molar refractivity (Wildman–Crippen MR) is 141 cm³/mol. The fourth-order valence-electron chi connectivity index (χ4n) is 4.21. The molecule has 3 aromatic rings. The number of nitrogens with zero attached hydrogens (tertiary/aromatic N) is 2. The van der Waals surface area contributed by atoms with Crippen LogP contribution in [0.25, 0.3) is 5.76 Å². The highest BCUT2D eigenvalue weighted by atomic mass is 16.5. The molecule has 7 nitrogen and oxygen atoms in total. The minimum absolute atomic E-state index is 0.00144. The van der Waals surface area contributed by atoms with Crippen LogP contribution in [0.2, 0.25) is 0 Å². The van der Waals surface area contributed by atoms with Gasteiger partial charge in [-0.3, -0.25) is 14.6 Å². The molecule has 1 N–H and O–H groups in total. The minimum Gasteiger partial charge on any atom is -0.507 e. The minimum atomic E-state index is -0.809. The summed E-state index contributed by atoms with van der Waals surface area (Å²) in [5.41, 5.74) is 1.75. The molecule has 1 aliphatic rings. The van der Waals surface area contributed by atoms with E-state index in [1.165, 1.54) is 4.90 Å². The van der Waals surface area contributed by atoms with Crippen molar-refractivity contribution in [1.82, 2.24) is 9.88 Å². The number of hydrogen-bond donors (Lipinski definition) is 1. The topological polar surface area (TPSA) is 89.0 Å². The van der Waals surface area contributed by atoms with Crippen molar-refractivity contribution in [2.45, 2.75) is 46.4 Å². The number of amides is 1. The van der Waals surface area contributed by atoms with Gasteiger partial charge in [-0.05, 0) is 73.9 Å². The molecule has 0 radical (unpaired) electrons. The molecule has 1 aromatic heterocycles. The van der Waals surface area contributed by atoms with Gasteiger partial charge in [-0.2, -0.15) is 0 Å². The van der Waals surface area contributed by atoms with Gasteiger partial charge in [0.05, 0.1) is 36.6 Å². The first-order chi connectivity index (χ1) is 17.7. The van der Waals surface area contributed by atoms with Crippen LogP contribution in [-0.4, -0.2) is 39.4 Å². The van der Waals surface area contributed by atoms with Crippen molar-refractivity contribution >= 4 is 17.4 Å². The lowest BCUT2D eigenvalue weighted by molar-refractivity contribution is -0.140. The number of aliphatic hydroxyl groups is 1. The summed E-state index contributed by atoms with van der Waals surface area (Å²) in [5, 5.41) is 11.3. The van der Waals surface area contributed by atoms with Gasteiger partial charge in [0.25, 0.3) is 11.7 Å². The molecule has 0 aliphatic carbocycles. The smallest absolute Gasteiger partial charge is 0.296 e. The van der Waals surface area contributed by atoms with E-state index >= 15 is 0 Å². The summed E-state index contributed by atoms with van der Waals surface area (Å²) in [7, 11) is 0. The van der Waals surface area contributed by atoms with Crippen LogP contribution in [-0.2, 0) is 16.1 Å². The number of carbonyl (C=O) groups is 2. The monoisotopic (exact) mass is 500 g/mol. The van der Waals surface area contributed by atoms with Crippen LogP contribution in [0.4, 0.5) is 0 Å². The fourth-order valence-corrected chi connectivity index (χ4v) is 4.21. The first kappa shape index (κ1) is 25.9. The Hall–Kier alpha value is -4.13. The number of aliphatic hydroxyl groups excluding tert-OH is 1. The Morgan fingerprint density at radius 1 is 0.973 bits per heavy atom. The molecule has 2 aromatic carbocycles. The van der Waals surface area contributed by atoms with Gasteiger partial charge in [0.15, 0.2) is 0 Å². The van der Waals surface area contributed by atoms with Crippen molar-refractivity contribution in [2.75, 3.05) is 6.61 Å². The number of aromatic nitrogens is 1. The van der Waals surface area contributed by atoms with E-state index in [4.69, 9.17) is 9.47 Å². The van der Waals surface area contributed by atoms with Gasteiger partial charge in [0.1, 0.15) is 17.3 Å². The van der Waals surface area contributed by atoms with E-state index in [0.29, 0.717) is 40.8 Å². The summed E-state index contributed by atoms with van der Waals surface area (Å²) in [6, 6.07) is 18.7. The van der Waals surface area contributed by atoms with Crippen molar-refractivity contribution in [3.8, 4) is 11.5 Å². The summed E-state index contributed by atoms with van der Waals surface area (Å²) in [6.07, 6.45) is 1.64. The van der Waals surface area contributed by atoms with Gasteiger partial charge in [0, 0.05) is 11.8 Å². The first-order valence-electron chi connectivity index (χ1n) is 12.4. The number of rotatable bonds is 9. The maximum atomic E-state index is 13.3. The standard InChI is InChI=1S/C30H32N2O5/c1-19(2)18-36-25-10-7-8-22(16-25)27-26(28(33)21-11-13-24(14-12-21)37-20(3)4)29(34)30(35)32(27)17-23-9-5-6-15-31-23/h5-16,19-20,27,33H,17-18H2,1-4H3/b28-26-. The van der Waals surface area contributed by atoms with Crippen LogP contribution in [0.15, 0.2) is 78.5 Å². The Balaban J connectivity index is 1.79. The molecular weight excluding hydrogens is 468 g/mol. The molecule has 0 spiro atoms. The second kappa shape index (κ2) is 11.3. The molecule has 1 fully saturated rings. The average Bonchev–Trinajstić information content (AvgIpc) is 3.13. The second-order valence-corrected chi connectivity index (χ2v) is 9.72. The number of benzene rings is 2. The van der Waals surface area contributed by atoms with Crippen molar-refractivity contribution in [3.63, 3.8) is 0 Å². The third-order valence-electron chi connectivity index (χ3n) is 5.86. The summed E-state index contributed by atoms with van der Waals surface area (Å²) in [6.45, 7) is 8.62. The molecule has 1 atom stereocenters. The Labute approximate surface area is 217 Å². The Bertz CT molecular complexity index is 1280. The van der Waals surface area contributed by atoms with Crippen molar-refractivity contribution in [2.24, 2.45) is 5.92 Å². The maximum absolute atomic E-state index is 13.3. The highest BCUT2D eigenvalue weighted by Crippen LogP contribution is 2.41. The molecular formula is C30H32N2O5. The van der Waals surface area contributed by atoms with E-state index in [1.807, 2.05) is 44.2 Å². The first-order valence-corrected chi connectivity index (χ1v) is 12.4. The average molecular weight is 501 g/mol. The lowest BCUT2D eigenvalue weighted by atomic mass is 9.95. The molecule has 7 heteroatoms. The van der Waals surface area contributed by atoms with E-state index in [0.717, 1.165) is 0 Å². The lowest BCUT2D eigenvalue weighted by Gasteiger charge is -2.25. The molecule has 192 valence electrons. The molecule has 1 aliphatic heterocycles. The number of likely N-dealkylation sites (tertiary alicyclic amines) is 1. The van der Waals surface area contributed by atoms with E-state index in [1.54, 1.807) is 42.6 Å². The Kier molecular flexibility index (Phi) is 7.92. The van der Waals surface area contributed by atoms with Gasteiger partial charge >= 0.3 is 0 Å². The number of ether oxygens (including phenoxy) is 2.